The predicted octanol–water partition coefficient (Wildman–Crippen LogP) is 2.06. The Kier molecular flexibility index (Phi) is 7.72. The van der Waals surface area contributed by atoms with E-state index < -0.39 is 37.1 Å². The number of hydrazine groups is 1. The van der Waals surface area contributed by atoms with Crippen molar-refractivity contribution in [1.29, 1.82) is 0 Å². The molecule has 2 fully saturated rings. The van der Waals surface area contributed by atoms with E-state index in [4.69, 9.17) is 9.05 Å². The molecular weight excluding hydrogens is 451 g/mol. The van der Waals surface area contributed by atoms with E-state index >= 15 is 0 Å². The van der Waals surface area contributed by atoms with Crippen molar-refractivity contribution < 1.29 is 28.0 Å². The smallest absolute Gasteiger partial charge is 0.344 e. The first-order valence-electron chi connectivity index (χ1n) is 10.7. The second-order valence-electron chi connectivity index (χ2n) is 7.52. The Labute approximate surface area is 192 Å². The number of para-hydroxylation sites is 1. The molecule has 13 heteroatoms. The molecule has 1 aromatic rings. The van der Waals surface area contributed by atoms with Crippen LogP contribution in [0, 0.1) is 0 Å². The van der Waals surface area contributed by atoms with Crippen LogP contribution in [-0.4, -0.2) is 66.3 Å². The summed E-state index contributed by atoms with van der Waals surface area (Å²) in [6.07, 6.45) is 0.194. The molecule has 2 unspecified atom stereocenters. The first kappa shape index (κ1) is 24.7. The van der Waals surface area contributed by atoms with Gasteiger partial charge in [-0.2, -0.15) is 5.01 Å². The topological polar surface area (TPSA) is 150 Å². The lowest BCUT2D eigenvalue weighted by Gasteiger charge is -2.24. The molecule has 1 aromatic carbocycles. The summed E-state index contributed by atoms with van der Waals surface area (Å²) in [5.74, 6) is -0.124. The molecule has 2 aliphatic heterocycles. The molecule has 2 aliphatic rings. The maximum absolute atomic E-state index is 13.1. The van der Waals surface area contributed by atoms with E-state index in [1.165, 1.54) is 0 Å². The van der Waals surface area contributed by atoms with E-state index in [1.54, 1.807) is 51.1 Å². The summed E-state index contributed by atoms with van der Waals surface area (Å²) in [7, 11) is -3.24. The summed E-state index contributed by atoms with van der Waals surface area (Å²) in [6, 6.07) is 6.68. The molecule has 0 saturated carbocycles. The highest BCUT2D eigenvalue weighted by Crippen LogP contribution is 2.47. The van der Waals surface area contributed by atoms with Gasteiger partial charge in [-0.3, -0.25) is 14.4 Å². The number of benzene rings is 1. The number of hydrogen-bond donors (Lipinski definition) is 4. The summed E-state index contributed by atoms with van der Waals surface area (Å²) in [5, 5.41) is 8.98. The molecule has 0 radical (unpaired) electrons. The van der Waals surface area contributed by atoms with Crippen LogP contribution in [0.15, 0.2) is 35.3 Å². The summed E-state index contributed by atoms with van der Waals surface area (Å²) >= 11 is 0. The number of nitrogens with one attached hydrogen (secondary N) is 4. The van der Waals surface area contributed by atoms with Gasteiger partial charge in [0.25, 0.3) is 5.91 Å². The summed E-state index contributed by atoms with van der Waals surface area (Å²) < 4.78 is 23.1. The van der Waals surface area contributed by atoms with Crippen molar-refractivity contribution in [2.75, 3.05) is 31.2 Å². The first-order valence-corrected chi connectivity index (χ1v) is 12.4. The second-order valence-corrected chi connectivity index (χ2v) is 9.70. The van der Waals surface area contributed by atoms with Crippen LogP contribution in [0.3, 0.4) is 0 Å². The molecule has 12 nitrogen and oxygen atoms in total. The van der Waals surface area contributed by atoms with Crippen LogP contribution in [-0.2, 0) is 18.4 Å². The van der Waals surface area contributed by atoms with Crippen LogP contribution in [0.2, 0.25) is 0 Å². The van der Waals surface area contributed by atoms with Crippen molar-refractivity contribution >= 4 is 37.1 Å². The van der Waals surface area contributed by atoms with Gasteiger partial charge in [-0.15, -0.1) is 0 Å². The van der Waals surface area contributed by atoms with Crippen molar-refractivity contribution in [1.82, 2.24) is 21.1 Å². The maximum Gasteiger partial charge on any atom is 0.344 e. The molecule has 180 valence electrons. The zero-order valence-electron chi connectivity index (χ0n) is 18.8. The Morgan fingerprint density at radius 3 is 2.55 bits per heavy atom. The van der Waals surface area contributed by atoms with Crippen LogP contribution in [0.5, 0.6) is 0 Å². The fourth-order valence-electron chi connectivity index (χ4n) is 3.70. The Morgan fingerprint density at radius 2 is 1.91 bits per heavy atom. The minimum atomic E-state index is -3.24. The maximum atomic E-state index is 13.1. The van der Waals surface area contributed by atoms with Gasteiger partial charge in [-0.1, -0.05) is 18.2 Å². The highest BCUT2D eigenvalue weighted by Gasteiger charge is 2.59. The third-order valence-corrected chi connectivity index (χ3v) is 7.31. The average Bonchev–Trinajstić information content (AvgIpc) is 3.19. The summed E-state index contributed by atoms with van der Waals surface area (Å²) in [4.78, 5) is 42.3. The van der Waals surface area contributed by atoms with Gasteiger partial charge in [0.15, 0.2) is 0 Å². The van der Waals surface area contributed by atoms with Gasteiger partial charge in [-0.25, -0.2) is 15.0 Å². The van der Waals surface area contributed by atoms with Crippen molar-refractivity contribution in [3.05, 3.63) is 30.3 Å². The SMILES string of the molecule is CCOP(=O)(CCN=C1CC2(NC(=O)N(NC(=O)Nc3ccccc3)C2=O)C(C)N1)OCC. The van der Waals surface area contributed by atoms with Crippen molar-refractivity contribution in [2.45, 2.75) is 38.8 Å². The molecule has 33 heavy (non-hydrogen) atoms. The van der Waals surface area contributed by atoms with E-state index in [-0.39, 0.29) is 32.3 Å². The quantitative estimate of drug-likeness (QED) is 0.312. The Balaban J connectivity index is 1.63. The summed E-state index contributed by atoms with van der Waals surface area (Å²) in [6.45, 7) is 5.87. The number of imide groups is 1. The number of amidine groups is 1. The molecule has 5 amide bonds. The van der Waals surface area contributed by atoms with Gasteiger partial charge in [0.05, 0.1) is 37.8 Å². The second kappa shape index (κ2) is 10.3. The molecule has 4 N–H and O–H groups in total. The lowest BCUT2D eigenvalue weighted by molar-refractivity contribution is -0.132. The molecule has 2 atom stereocenters. The van der Waals surface area contributed by atoms with Crippen molar-refractivity contribution in [3.8, 4) is 0 Å². The minimum Gasteiger partial charge on any atom is -0.368 e. The van der Waals surface area contributed by atoms with Gasteiger partial charge in [0.1, 0.15) is 5.54 Å². The Morgan fingerprint density at radius 1 is 1.24 bits per heavy atom. The van der Waals surface area contributed by atoms with Gasteiger partial charge in [0, 0.05) is 12.1 Å². The van der Waals surface area contributed by atoms with E-state index in [1.807, 2.05) is 0 Å². The largest absolute Gasteiger partial charge is 0.368 e. The number of rotatable bonds is 9. The molecule has 0 bridgehead atoms. The van der Waals surface area contributed by atoms with Gasteiger partial charge in [-0.05, 0) is 32.9 Å². The van der Waals surface area contributed by atoms with Crippen LogP contribution >= 0.6 is 7.60 Å². The highest BCUT2D eigenvalue weighted by molar-refractivity contribution is 7.53. The molecule has 2 saturated heterocycles. The molecule has 2 heterocycles. The van der Waals surface area contributed by atoms with Gasteiger partial charge in [0.2, 0.25) is 0 Å². The molecular formula is C20H29N6O6P. The standard InChI is InChI=1S/C20H29N6O6P/c1-4-31-33(30,32-5-2)12-11-21-16-13-20(14(3)22-16)17(27)26(19(29)24-20)25-18(28)23-15-9-7-6-8-10-15/h6-10,14H,4-5,11-13H2,1-3H3,(H,21,22)(H,24,29)(H2,23,25,28). The number of hydrogen-bond acceptors (Lipinski definition) is 7. The van der Waals surface area contributed by atoms with Crippen LogP contribution in [0.1, 0.15) is 27.2 Å². The van der Waals surface area contributed by atoms with Crippen LogP contribution < -0.4 is 21.4 Å². The number of anilines is 1. The van der Waals surface area contributed by atoms with Gasteiger partial charge < -0.3 is 25.0 Å². The predicted molar refractivity (Wildman–Crippen MR) is 122 cm³/mol. The van der Waals surface area contributed by atoms with Crippen LogP contribution in [0.25, 0.3) is 0 Å². The van der Waals surface area contributed by atoms with E-state index in [0.717, 1.165) is 0 Å². The first-order chi connectivity index (χ1) is 15.7. The van der Waals surface area contributed by atoms with Crippen molar-refractivity contribution in [2.24, 2.45) is 4.99 Å². The number of carbonyl (C=O) groups excluding carboxylic acids is 3. The Bertz CT molecular complexity index is 963. The van der Waals surface area contributed by atoms with E-state index in [2.05, 4.69) is 26.4 Å². The summed E-state index contributed by atoms with van der Waals surface area (Å²) in [5.41, 5.74) is 1.51. The number of nitrogens with zero attached hydrogens (tertiary/aromatic N) is 2. The highest BCUT2D eigenvalue weighted by atomic mass is 31.2. The van der Waals surface area contributed by atoms with Crippen LogP contribution in [0.4, 0.5) is 15.3 Å². The average molecular weight is 480 g/mol. The lowest BCUT2D eigenvalue weighted by Crippen LogP contribution is -2.55. The normalized spacial score (nSPS) is 23.7. The fraction of sp³-hybridized carbons (Fsp3) is 0.500. The number of carbonyl (C=O) groups is 3. The zero-order chi connectivity index (χ0) is 24.1. The van der Waals surface area contributed by atoms with Crippen molar-refractivity contribution in [3.63, 3.8) is 0 Å². The molecule has 0 aliphatic carbocycles. The van der Waals surface area contributed by atoms with E-state index in [9.17, 15) is 18.9 Å². The lowest BCUT2D eigenvalue weighted by atomic mass is 9.91. The molecule has 3 rings (SSSR count). The number of urea groups is 2. The monoisotopic (exact) mass is 480 g/mol. The Hall–Kier alpha value is -2.95. The number of amides is 5. The molecule has 1 spiro atoms. The zero-order valence-corrected chi connectivity index (χ0v) is 19.7. The van der Waals surface area contributed by atoms with Gasteiger partial charge >= 0.3 is 19.7 Å². The third kappa shape index (κ3) is 5.52. The minimum absolute atomic E-state index is 0.0921. The molecule has 0 aromatic heterocycles. The number of aliphatic imine (C=N–C) groups is 1. The third-order valence-electron chi connectivity index (χ3n) is 5.26. The van der Waals surface area contributed by atoms with E-state index in [0.29, 0.717) is 16.5 Å². The fourth-order valence-corrected chi connectivity index (χ4v) is 5.16.